The minimum Gasteiger partial charge on any atom is -0.457 e. The van der Waals surface area contributed by atoms with Crippen LogP contribution in [0.2, 0.25) is 0 Å². The number of methoxy groups -OCH3 is 1. The summed E-state index contributed by atoms with van der Waals surface area (Å²) in [6.07, 6.45) is -11.3. The maximum atomic E-state index is 13.4. The summed E-state index contributed by atoms with van der Waals surface area (Å²) in [5.74, 6) is -3.69. The first kappa shape index (κ1) is 35.0. The molecule has 0 aliphatic carbocycles. The van der Waals surface area contributed by atoms with Crippen LogP contribution in [0.4, 0.5) is 0 Å². The highest BCUT2D eigenvalue weighted by Crippen LogP contribution is 2.48. The van der Waals surface area contributed by atoms with E-state index < -0.39 is 103 Å². The Labute approximate surface area is 289 Å². The lowest BCUT2D eigenvalue weighted by atomic mass is 9.89. The second-order valence-corrected chi connectivity index (χ2v) is 14.0. The van der Waals surface area contributed by atoms with Gasteiger partial charge in [0.2, 0.25) is 5.79 Å². The molecule has 270 valence electrons. The Morgan fingerprint density at radius 3 is 1.92 bits per heavy atom. The van der Waals surface area contributed by atoms with E-state index in [1.807, 2.05) is 60.7 Å². The van der Waals surface area contributed by atoms with Crippen LogP contribution in [0, 0.1) is 5.41 Å². The molecule has 14 heteroatoms. The van der Waals surface area contributed by atoms with Crippen molar-refractivity contribution in [3.05, 3.63) is 71.8 Å². The molecule has 5 fully saturated rings. The fourth-order valence-electron chi connectivity index (χ4n) is 6.91. The monoisotopic (exact) mass is 698 g/mol. The van der Waals surface area contributed by atoms with Gasteiger partial charge in [-0.25, -0.2) is 0 Å². The number of carbonyl (C=O) groups excluding carboxylic acids is 3. The molecule has 0 bridgehead atoms. The number of carbonyl (C=O) groups is 3. The summed E-state index contributed by atoms with van der Waals surface area (Å²) in [6.45, 7) is 6.52. The van der Waals surface area contributed by atoms with E-state index in [1.54, 1.807) is 20.8 Å². The summed E-state index contributed by atoms with van der Waals surface area (Å²) >= 11 is 0. The molecule has 2 aromatic carbocycles. The van der Waals surface area contributed by atoms with Crippen molar-refractivity contribution in [1.82, 2.24) is 0 Å². The van der Waals surface area contributed by atoms with Crippen molar-refractivity contribution in [2.45, 2.75) is 108 Å². The topological polar surface area (TPSA) is 153 Å². The molecule has 0 aromatic heterocycles. The highest BCUT2D eigenvalue weighted by Gasteiger charge is 2.68. The lowest BCUT2D eigenvalue weighted by molar-refractivity contribution is -0.427. The van der Waals surface area contributed by atoms with Crippen LogP contribution in [-0.4, -0.2) is 99.1 Å². The Morgan fingerprint density at radius 2 is 1.36 bits per heavy atom. The van der Waals surface area contributed by atoms with Crippen molar-refractivity contribution < 1.29 is 66.5 Å². The summed E-state index contributed by atoms with van der Waals surface area (Å²) in [5.41, 5.74) is 0.589. The zero-order valence-corrected chi connectivity index (χ0v) is 28.5. The Balaban J connectivity index is 1.23. The molecule has 2 aromatic rings. The Morgan fingerprint density at radius 1 is 0.780 bits per heavy atom. The molecule has 5 aliphatic heterocycles. The van der Waals surface area contributed by atoms with E-state index in [1.165, 1.54) is 14.0 Å². The fourth-order valence-corrected chi connectivity index (χ4v) is 6.91. The first-order valence-corrected chi connectivity index (χ1v) is 16.7. The van der Waals surface area contributed by atoms with Gasteiger partial charge in [-0.3, -0.25) is 14.4 Å². The second-order valence-electron chi connectivity index (χ2n) is 14.0. The second kappa shape index (κ2) is 13.9. The van der Waals surface area contributed by atoms with Gasteiger partial charge in [0.25, 0.3) is 0 Å². The molecule has 12 atom stereocenters. The van der Waals surface area contributed by atoms with Crippen molar-refractivity contribution in [3.8, 4) is 0 Å². The van der Waals surface area contributed by atoms with Gasteiger partial charge in [0, 0.05) is 25.2 Å². The number of rotatable bonds is 7. The lowest BCUT2D eigenvalue weighted by Gasteiger charge is -2.54. The first-order chi connectivity index (χ1) is 24.0. The molecular formula is C36H42O14. The van der Waals surface area contributed by atoms with Gasteiger partial charge in [0.05, 0.1) is 18.6 Å². The Bertz CT molecular complexity index is 1530. The van der Waals surface area contributed by atoms with Crippen LogP contribution in [0.25, 0.3) is 0 Å². The number of ether oxygens (including phenoxy) is 11. The van der Waals surface area contributed by atoms with Crippen LogP contribution in [-0.2, 0) is 66.5 Å². The van der Waals surface area contributed by atoms with Gasteiger partial charge in [-0.1, -0.05) is 60.7 Å². The summed E-state index contributed by atoms with van der Waals surface area (Å²) < 4.78 is 68.1. The minimum atomic E-state index is -1.87. The van der Waals surface area contributed by atoms with E-state index in [2.05, 4.69) is 0 Å². The predicted molar refractivity (Wildman–Crippen MR) is 168 cm³/mol. The maximum Gasteiger partial charge on any atom is 0.312 e. The van der Waals surface area contributed by atoms with Crippen molar-refractivity contribution in [3.63, 3.8) is 0 Å². The van der Waals surface area contributed by atoms with Crippen LogP contribution in [0.3, 0.4) is 0 Å². The molecule has 0 radical (unpaired) electrons. The maximum absolute atomic E-state index is 13.4. The van der Waals surface area contributed by atoms with Gasteiger partial charge in [0.1, 0.15) is 30.8 Å². The SMILES string of the molecule is CO[C@H]1O[C@@H]2CO[C@@H](c3ccccc3)O[C@H]2[C@H](OC(C)=O)[C@H]1O[C@]12CC(=O)O[C@H]1[C@@H](OC(=O)C(C)(C)C)[C@@H]1O[C@H](c3ccccc3)OC[C@H]1O2. The molecule has 0 amide bonds. The molecule has 0 N–H and O–H groups in total. The first-order valence-electron chi connectivity index (χ1n) is 16.7. The molecule has 14 nitrogen and oxygen atoms in total. The van der Waals surface area contributed by atoms with Crippen LogP contribution in [0.15, 0.2) is 60.7 Å². The number of benzene rings is 2. The summed E-state index contributed by atoms with van der Waals surface area (Å²) in [7, 11) is 1.41. The minimum absolute atomic E-state index is 0.00592. The third-order valence-electron chi connectivity index (χ3n) is 9.27. The van der Waals surface area contributed by atoms with E-state index in [-0.39, 0.29) is 13.2 Å². The zero-order chi connectivity index (χ0) is 35.2. The summed E-state index contributed by atoms with van der Waals surface area (Å²) in [6, 6.07) is 18.6. The number of fused-ring (bicyclic) bond motifs is 3. The lowest BCUT2D eigenvalue weighted by Crippen LogP contribution is -2.71. The van der Waals surface area contributed by atoms with Crippen molar-refractivity contribution >= 4 is 17.9 Å². The molecule has 0 saturated carbocycles. The summed E-state index contributed by atoms with van der Waals surface area (Å²) in [5, 5.41) is 0. The molecule has 5 heterocycles. The highest BCUT2D eigenvalue weighted by atomic mass is 16.8. The van der Waals surface area contributed by atoms with Crippen LogP contribution < -0.4 is 0 Å². The normalized spacial score (nSPS) is 38.2. The fraction of sp³-hybridized carbons (Fsp3) is 0.583. The smallest absolute Gasteiger partial charge is 0.312 e. The van der Waals surface area contributed by atoms with E-state index >= 15 is 0 Å². The van der Waals surface area contributed by atoms with E-state index in [9.17, 15) is 14.4 Å². The van der Waals surface area contributed by atoms with Gasteiger partial charge >= 0.3 is 17.9 Å². The largest absolute Gasteiger partial charge is 0.457 e. The molecule has 0 spiro atoms. The third-order valence-corrected chi connectivity index (χ3v) is 9.27. The van der Waals surface area contributed by atoms with Gasteiger partial charge in [-0.15, -0.1) is 0 Å². The average Bonchev–Trinajstić information content (AvgIpc) is 3.43. The average molecular weight is 699 g/mol. The van der Waals surface area contributed by atoms with Crippen molar-refractivity contribution in [2.24, 2.45) is 5.41 Å². The zero-order valence-electron chi connectivity index (χ0n) is 28.5. The van der Waals surface area contributed by atoms with Crippen LogP contribution in [0.1, 0.15) is 57.8 Å². The van der Waals surface area contributed by atoms with E-state index in [0.717, 1.165) is 11.1 Å². The quantitative estimate of drug-likeness (QED) is 0.307. The molecular weight excluding hydrogens is 656 g/mol. The Kier molecular flexibility index (Phi) is 9.73. The van der Waals surface area contributed by atoms with E-state index in [4.69, 9.17) is 52.1 Å². The standard InChI is InChI=1S/C36H42O14/c1-19(37)43-27-25-22(17-41-31(46-25)20-12-8-6-9-13-20)44-33(40-5)29(27)50-36-16-24(38)45-30(36)28(48-34(39)35(2,3)4)26-23(49-36)18-42-32(47-26)21-14-10-7-11-15-21/h6-15,22-23,25-33H,16-18H2,1-5H3/t22-,23-,25-,26-,27+,28+,29-,30+,31-,32-,33+,36-/m1/s1. The third kappa shape index (κ3) is 6.78. The van der Waals surface area contributed by atoms with E-state index in [0.29, 0.717) is 0 Å². The van der Waals surface area contributed by atoms with Crippen molar-refractivity contribution in [2.75, 3.05) is 20.3 Å². The van der Waals surface area contributed by atoms with Gasteiger partial charge in [-0.2, -0.15) is 0 Å². The van der Waals surface area contributed by atoms with Crippen LogP contribution in [0.5, 0.6) is 0 Å². The molecule has 7 rings (SSSR count). The van der Waals surface area contributed by atoms with Gasteiger partial charge in [-0.05, 0) is 20.8 Å². The summed E-state index contributed by atoms with van der Waals surface area (Å²) in [4.78, 5) is 39.3. The van der Waals surface area contributed by atoms with Crippen molar-refractivity contribution in [1.29, 1.82) is 0 Å². The number of hydrogen-bond donors (Lipinski definition) is 0. The molecule has 0 unspecified atom stereocenters. The molecule has 50 heavy (non-hydrogen) atoms. The van der Waals surface area contributed by atoms with Gasteiger partial charge < -0.3 is 52.1 Å². The number of esters is 3. The highest BCUT2D eigenvalue weighted by molar-refractivity contribution is 5.76. The van der Waals surface area contributed by atoms with Crippen LogP contribution >= 0.6 is 0 Å². The van der Waals surface area contributed by atoms with Gasteiger partial charge in [0.15, 0.2) is 43.3 Å². The Hall–Kier alpha value is -3.47. The molecule has 5 aliphatic rings. The molecule has 5 saturated heterocycles. The number of hydrogen-bond acceptors (Lipinski definition) is 14. The predicted octanol–water partition coefficient (Wildman–Crippen LogP) is 3.27.